The Balaban J connectivity index is 2.38. The second kappa shape index (κ2) is 3.43. The number of halogens is 3. The molecule has 4 heteroatoms. The lowest BCUT2D eigenvalue weighted by molar-refractivity contribution is -0.139. The summed E-state index contributed by atoms with van der Waals surface area (Å²) in [5.41, 5.74) is -0.433. The molecule has 0 amide bonds. The van der Waals surface area contributed by atoms with Crippen LogP contribution in [0.5, 0.6) is 5.75 Å². The van der Waals surface area contributed by atoms with Gasteiger partial charge in [0, 0.05) is 0 Å². The smallest absolute Gasteiger partial charge is 0.420 e. The molecule has 0 aliphatic heterocycles. The average molecular weight is 216 g/mol. The third-order valence-corrected chi connectivity index (χ3v) is 2.34. The van der Waals surface area contributed by atoms with Gasteiger partial charge >= 0.3 is 6.18 Å². The van der Waals surface area contributed by atoms with Gasteiger partial charge in [-0.3, -0.25) is 0 Å². The van der Waals surface area contributed by atoms with Gasteiger partial charge in [-0.05, 0) is 31.4 Å². The molecule has 0 aromatic heterocycles. The molecular formula is C11H11F3O. The highest BCUT2D eigenvalue weighted by Gasteiger charge is 2.37. The molecule has 0 N–H and O–H groups in total. The molecule has 0 spiro atoms. The summed E-state index contributed by atoms with van der Waals surface area (Å²) in [5.74, 6) is -0.0370. The van der Waals surface area contributed by atoms with Crippen LogP contribution in [-0.2, 0) is 6.18 Å². The van der Waals surface area contributed by atoms with E-state index in [1.54, 1.807) is 6.07 Å². The maximum Gasteiger partial charge on any atom is 0.420 e. The van der Waals surface area contributed by atoms with Crippen LogP contribution in [-0.4, -0.2) is 6.10 Å². The van der Waals surface area contributed by atoms with Crippen LogP contribution in [0.4, 0.5) is 13.2 Å². The van der Waals surface area contributed by atoms with E-state index in [4.69, 9.17) is 4.74 Å². The zero-order valence-corrected chi connectivity index (χ0v) is 8.27. The quantitative estimate of drug-likeness (QED) is 0.734. The molecule has 1 saturated carbocycles. The largest absolute Gasteiger partial charge is 0.490 e. The average Bonchev–Trinajstić information content (AvgIpc) is 2.85. The number of ether oxygens (including phenoxy) is 1. The number of hydrogen-bond donors (Lipinski definition) is 0. The van der Waals surface area contributed by atoms with Crippen LogP contribution in [0.3, 0.4) is 0 Å². The minimum absolute atomic E-state index is 0.0205. The van der Waals surface area contributed by atoms with Gasteiger partial charge in [-0.2, -0.15) is 13.2 Å². The molecule has 1 aliphatic carbocycles. The van der Waals surface area contributed by atoms with Crippen molar-refractivity contribution in [1.29, 1.82) is 0 Å². The maximum atomic E-state index is 12.7. The van der Waals surface area contributed by atoms with Crippen molar-refractivity contribution in [3.05, 3.63) is 29.3 Å². The molecule has 0 saturated heterocycles. The highest BCUT2D eigenvalue weighted by Crippen LogP contribution is 2.40. The standard InChI is InChI=1S/C11H11F3O/c1-7-3-2-4-9(15-8-5-6-8)10(7)11(12,13)14/h2-4,8H,5-6H2,1H3. The fraction of sp³-hybridized carbons (Fsp3) is 0.455. The normalized spacial score (nSPS) is 16.5. The van der Waals surface area contributed by atoms with Gasteiger partial charge in [0.05, 0.1) is 6.10 Å². The highest BCUT2D eigenvalue weighted by atomic mass is 19.4. The van der Waals surface area contributed by atoms with E-state index in [0.29, 0.717) is 0 Å². The molecule has 0 bridgehead atoms. The first-order valence-corrected chi connectivity index (χ1v) is 4.82. The predicted octanol–water partition coefficient (Wildman–Crippen LogP) is 3.56. The van der Waals surface area contributed by atoms with Crippen molar-refractivity contribution >= 4 is 0 Å². The summed E-state index contributed by atoms with van der Waals surface area (Å²) < 4.78 is 43.3. The Morgan fingerprint density at radius 3 is 2.47 bits per heavy atom. The summed E-state index contributed by atoms with van der Waals surface area (Å²) >= 11 is 0. The van der Waals surface area contributed by atoms with Gasteiger partial charge in [0.2, 0.25) is 0 Å². The molecule has 1 nitrogen and oxygen atoms in total. The van der Waals surface area contributed by atoms with Crippen molar-refractivity contribution in [1.82, 2.24) is 0 Å². The summed E-state index contributed by atoms with van der Waals surface area (Å²) in [4.78, 5) is 0. The fourth-order valence-electron chi connectivity index (χ4n) is 1.47. The highest BCUT2D eigenvalue weighted by molar-refractivity contribution is 5.42. The van der Waals surface area contributed by atoms with Crippen LogP contribution in [0.2, 0.25) is 0 Å². The molecule has 0 atom stereocenters. The van der Waals surface area contributed by atoms with Crippen molar-refractivity contribution in [3.63, 3.8) is 0 Å². The van der Waals surface area contributed by atoms with Crippen LogP contribution in [0.1, 0.15) is 24.0 Å². The van der Waals surface area contributed by atoms with Crippen molar-refractivity contribution in [3.8, 4) is 5.75 Å². The molecule has 0 radical (unpaired) electrons. The third-order valence-electron chi connectivity index (χ3n) is 2.34. The number of rotatable bonds is 2. The van der Waals surface area contributed by atoms with Gasteiger partial charge in [-0.1, -0.05) is 12.1 Å². The van der Waals surface area contributed by atoms with Crippen LogP contribution >= 0.6 is 0 Å². The topological polar surface area (TPSA) is 9.23 Å². The Morgan fingerprint density at radius 2 is 1.93 bits per heavy atom. The molecule has 15 heavy (non-hydrogen) atoms. The van der Waals surface area contributed by atoms with E-state index < -0.39 is 11.7 Å². The molecule has 0 unspecified atom stereocenters. The van der Waals surface area contributed by atoms with Gasteiger partial charge in [-0.15, -0.1) is 0 Å². The van der Waals surface area contributed by atoms with E-state index in [0.717, 1.165) is 12.8 Å². The molecule has 82 valence electrons. The van der Waals surface area contributed by atoms with E-state index in [9.17, 15) is 13.2 Å². The summed E-state index contributed by atoms with van der Waals surface area (Å²) in [6, 6.07) is 4.42. The molecule has 0 heterocycles. The first kappa shape index (κ1) is 10.3. The summed E-state index contributed by atoms with van der Waals surface area (Å²) in [6.45, 7) is 1.45. The van der Waals surface area contributed by atoms with E-state index in [1.165, 1.54) is 19.1 Å². The first-order valence-electron chi connectivity index (χ1n) is 4.82. The van der Waals surface area contributed by atoms with Gasteiger partial charge < -0.3 is 4.74 Å². The van der Waals surface area contributed by atoms with Crippen LogP contribution in [0.15, 0.2) is 18.2 Å². The zero-order valence-electron chi connectivity index (χ0n) is 8.27. The molecule has 1 aromatic carbocycles. The lowest BCUT2D eigenvalue weighted by Crippen LogP contribution is -2.11. The zero-order chi connectivity index (χ0) is 11.1. The van der Waals surface area contributed by atoms with E-state index in [1.807, 2.05) is 0 Å². The van der Waals surface area contributed by atoms with Crippen LogP contribution in [0.25, 0.3) is 0 Å². The molecule has 1 fully saturated rings. The Morgan fingerprint density at radius 1 is 1.27 bits per heavy atom. The predicted molar refractivity (Wildman–Crippen MR) is 49.8 cm³/mol. The van der Waals surface area contributed by atoms with Crippen LogP contribution < -0.4 is 4.74 Å². The fourth-order valence-corrected chi connectivity index (χ4v) is 1.47. The van der Waals surface area contributed by atoms with E-state index in [2.05, 4.69) is 0 Å². The number of benzene rings is 1. The Bertz CT molecular complexity index is 367. The monoisotopic (exact) mass is 216 g/mol. The van der Waals surface area contributed by atoms with Crippen molar-refractivity contribution < 1.29 is 17.9 Å². The maximum absolute atomic E-state index is 12.7. The van der Waals surface area contributed by atoms with Crippen molar-refractivity contribution in [2.45, 2.75) is 32.0 Å². The van der Waals surface area contributed by atoms with E-state index >= 15 is 0 Å². The second-order valence-corrected chi connectivity index (χ2v) is 3.76. The van der Waals surface area contributed by atoms with Gasteiger partial charge in [-0.25, -0.2) is 0 Å². The number of alkyl halides is 3. The van der Waals surface area contributed by atoms with Crippen molar-refractivity contribution in [2.75, 3.05) is 0 Å². The number of aryl methyl sites for hydroxylation is 1. The molecular weight excluding hydrogens is 205 g/mol. The minimum Gasteiger partial charge on any atom is -0.490 e. The third kappa shape index (κ3) is 2.25. The Labute approximate surface area is 85.9 Å². The minimum atomic E-state index is -4.34. The van der Waals surface area contributed by atoms with Gasteiger partial charge in [0.25, 0.3) is 0 Å². The van der Waals surface area contributed by atoms with Crippen molar-refractivity contribution in [2.24, 2.45) is 0 Å². The molecule has 2 rings (SSSR count). The summed E-state index contributed by atoms with van der Waals surface area (Å²) in [6.07, 6.45) is -2.65. The molecule has 1 aliphatic rings. The SMILES string of the molecule is Cc1cccc(OC2CC2)c1C(F)(F)F. The molecule has 1 aromatic rings. The van der Waals surface area contributed by atoms with Gasteiger partial charge in [0.1, 0.15) is 11.3 Å². The first-order chi connectivity index (χ1) is 6.98. The Hall–Kier alpha value is -1.19. The lowest BCUT2D eigenvalue weighted by Gasteiger charge is -2.15. The summed E-state index contributed by atoms with van der Waals surface area (Å²) in [5, 5.41) is 0. The van der Waals surface area contributed by atoms with Crippen LogP contribution in [0, 0.1) is 6.92 Å². The van der Waals surface area contributed by atoms with E-state index in [-0.39, 0.29) is 17.4 Å². The lowest BCUT2D eigenvalue weighted by atomic mass is 10.1. The number of hydrogen-bond acceptors (Lipinski definition) is 1. The van der Waals surface area contributed by atoms with Gasteiger partial charge in [0.15, 0.2) is 0 Å². The Kier molecular flexibility index (Phi) is 2.37. The summed E-state index contributed by atoms with van der Waals surface area (Å²) in [7, 11) is 0. The second-order valence-electron chi connectivity index (χ2n) is 3.76.